The Kier molecular flexibility index (Phi) is 3.03. The van der Waals surface area contributed by atoms with E-state index in [-0.39, 0.29) is 12.1 Å². The summed E-state index contributed by atoms with van der Waals surface area (Å²) in [6, 6.07) is 12.5. The zero-order valence-corrected chi connectivity index (χ0v) is 12.7. The van der Waals surface area contributed by atoms with E-state index >= 15 is 0 Å². The van der Waals surface area contributed by atoms with Crippen molar-refractivity contribution in [2.24, 2.45) is 0 Å². The molecule has 0 unspecified atom stereocenters. The molecule has 6 heteroatoms. The van der Waals surface area contributed by atoms with Crippen molar-refractivity contribution in [3.63, 3.8) is 0 Å². The summed E-state index contributed by atoms with van der Waals surface area (Å²) >= 11 is 3.47. The number of hydrogen-bond acceptors (Lipinski definition) is 4. The molecule has 0 radical (unpaired) electrons. The molecule has 0 fully saturated rings. The van der Waals surface area contributed by atoms with Crippen molar-refractivity contribution in [1.82, 2.24) is 14.8 Å². The first-order valence-corrected chi connectivity index (χ1v) is 7.55. The van der Waals surface area contributed by atoms with Crippen LogP contribution in [0.5, 0.6) is 0 Å². The maximum absolute atomic E-state index is 5.58. The number of rotatable bonds is 2. The van der Waals surface area contributed by atoms with Crippen LogP contribution in [0.1, 0.15) is 29.8 Å². The van der Waals surface area contributed by atoms with Gasteiger partial charge in [0.15, 0.2) is 0 Å². The van der Waals surface area contributed by atoms with Crippen LogP contribution < -0.4 is 5.32 Å². The predicted octanol–water partition coefficient (Wildman–Crippen LogP) is 3.78. The van der Waals surface area contributed by atoms with Crippen LogP contribution in [-0.2, 0) is 0 Å². The van der Waals surface area contributed by atoms with Gasteiger partial charge in [0.25, 0.3) is 0 Å². The number of nitrogens with one attached hydrogen (secondary N) is 1. The summed E-state index contributed by atoms with van der Waals surface area (Å²) in [6.45, 7) is 0. The number of nitrogens with zero attached hydrogens (tertiary/aromatic N) is 3. The van der Waals surface area contributed by atoms with E-state index in [1.165, 1.54) is 5.56 Å². The molecule has 3 aromatic rings. The number of aromatic nitrogens is 3. The highest BCUT2D eigenvalue weighted by molar-refractivity contribution is 9.10. The molecule has 1 aromatic carbocycles. The molecule has 0 saturated carbocycles. The fraction of sp³-hybridized carbons (Fsp3) is 0.200. The molecule has 0 bridgehead atoms. The molecule has 0 saturated heterocycles. The van der Waals surface area contributed by atoms with Crippen molar-refractivity contribution in [3.8, 4) is 0 Å². The topological polar surface area (TPSA) is 55.9 Å². The fourth-order valence-electron chi connectivity index (χ4n) is 2.75. The van der Waals surface area contributed by atoms with Gasteiger partial charge < -0.3 is 9.73 Å². The SMILES string of the molecule is Brc1ccc([C@H]2C[C@@H](c3ccco3)n3ncnc3N2)cc1. The second-order valence-electron chi connectivity index (χ2n) is 5.04. The molecule has 21 heavy (non-hydrogen) atoms. The van der Waals surface area contributed by atoms with Gasteiger partial charge in [0.05, 0.1) is 12.3 Å². The molecule has 4 rings (SSSR count). The third kappa shape index (κ3) is 2.25. The van der Waals surface area contributed by atoms with Gasteiger partial charge >= 0.3 is 0 Å². The van der Waals surface area contributed by atoms with Crippen molar-refractivity contribution < 1.29 is 4.42 Å². The van der Waals surface area contributed by atoms with Crippen molar-refractivity contribution in [1.29, 1.82) is 0 Å². The summed E-state index contributed by atoms with van der Waals surface area (Å²) < 4.78 is 8.54. The molecular weight excluding hydrogens is 332 g/mol. The minimum atomic E-state index is 0.0624. The highest BCUT2D eigenvalue weighted by Gasteiger charge is 2.31. The van der Waals surface area contributed by atoms with Crippen LogP contribution >= 0.6 is 15.9 Å². The zero-order chi connectivity index (χ0) is 14.2. The van der Waals surface area contributed by atoms with Crippen LogP contribution in [-0.4, -0.2) is 14.8 Å². The monoisotopic (exact) mass is 344 g/mol. The quantitative estimate of drug-likeness (QED) is 0.768. The minimum Gasteiger partial charge on any atom is -0.467 e. The Bertz CT molecular complexity index is 735. The Balaban J connectivity index is 1.72. The summed E-state index contributed by atoms with van der Waals surface area (Å²) in [4.78, 5) is 4.30. The summed E-state index contributed by atoms with van der Waals surface area (Å²) in [5.41, 5.74) is 1.23. The van der Waals surface area contributed by atoms with Crippen molar-refractivity contribution >= 4 is 21.9 Å². The Morgan fingerprint density at radius 3 is 2.86 bits per heavy atom. The standard InChI is InChI=1S/C15H13BrN4O/c16-11-5-3-10(4-6-11)12-8-13(14-2-1-7-21-14)20-15(19-12)17-9-18-20/h1-7,9,12-13H,8H2,(H,17,18,19)/t12-,13+/m1/s1. The summed E-state index contributed by atoms with van der Waals surface area (Å²) in [7, 11) is 0. The molecule has 5 nitrogen and oxygen atoms in total. The second-order valence-corrected chi connectivity index (χ2v) is 5.96. The van der Waals surface area contributed by atoms with Gasteiger partial charge in [-0.3, -0.25) is 0 Å². The van der Waals surface area contributed by atoms with E-state index in [4.69, 9.17) is 4.42 Å². The molecule has 1 aliphatic rings. The highest BCUT2D eigenvalue weighted by atomic mass is 79.9. The predicted molar refractivity (Wildman–Crippen MR) is 82.0 cm³/mol. The van der Waals surface area contributed by atoms with Gasteiger partial charge in [-0.25, -0.2) is 4.68 Å². The molecule has 0 amide bonds. The van der Waals surface area contributed by atoms with Crippen molar-refractivity contribution in [3.05, 3.63) is 64.8 Å². The highest BCUT2D eigenvalue weighted by Crippen LogP contribution is 2.37. The first-order valence-electron chi connectivity index (χ1n) is 6.76. The first-order chi connectivity index (χ1) is 10.3. The number of benzene rings is 1. The lowest BCUT2D eigenvalue weighted by atomic mass is 9.96. The lowest BCUT2D eigenvalue weighted by molar-refractivity contribution is 0.358. The normalized spacial score (nSPS) is 20.8. The van der Waals surface area contributed by atoms with E-state index in [0.29, 0.717) is 0 Å². The van der Waals surface area contributed by atoms with E-state index in [9.17, 15) is 0 Å². The average molecular weight is 345 g/mol. The van der Waals surface area contributed by atoms with Gasteiger partial charge in [-0.15, -0.1) is 0 Å². The van der Waals surface area contributed by atoms with E-state index in [2.05, 4.69) is 55.6 Å². The number of halogens is 1. The maximum atomic E-state index is 5.58. The Morgan fingerprint density at radius 2 is 2.10 bits per heavy atom. The van der Waals surface area contributed by atoms with Crippen molar-refractivity contribution in [2.45, 2.75) is 18.5 Å². The average Bonchev–Trinajstić information content (AvgIpc) is 3.18. The van der Waals surface area contributed by atoms with Gasteiger partial charge in [0.1, 0.15) is 18.1 Å². The van der Waals surface area contributed by atoms with Crippen LogP contribution in [0.2, 0.25) is 0 Å². The molecule has 2 aromatic heterocycles. The lowest BCUT2D eigenvalue weighted by Crippen LogP contribution is -2.27. The van der Waals surface area contributed by atoms with E-state index in [1.807, 2.05) is 16.8 Å². The Hall–Kier alpha value is -2.08. The molecule has 1 aliphatic heterocycles. The number of hydrogen-bond donors (Lipinski definition) is 1. The van der Waals surface area contributed by atoms with Gasteiger partial charge in [0, 0.05) is 10.9 Å². The molecule has 2 atom stereocenters. The largest absolute Gasteiger partial charge is 0.467 e. The number of fused-ring (bicyclic) bond motifs is 1. The van der Waals surface area contributed by atoms with Crippen LogP contribution in [0.15, 0.2) is 57.9 Å². The number of furan rings is 1. The first kappa shape index (κ1) is 12.6. The maximum Gasteiger partial charge on any atom is 0.222 e. The van der Waals surface area contributed by atoms with Crippen LogP contribution in [0.3, 0.4) is 0 Å². The minimum absolute atomic E-state index is 0.0624. The molecule has 106 valence electrons. The van der Waals surface area contributed by atoms with E-state index in [0.717, 1.165) is 22.6 Å². The van der Waals surface area contributed by atoms with Gasteiger partial charge in [0.2, 0.25) is 5.95 Å². The third-order valence-corrected chi connectivity index (χ3v) is 4.30. The van der Waals surface area contributed by atoms with Crippen LogP contribution in [0, 0.1) is 0 Å². The fourth-order valence-corrected chi connectivity index (χ4v) is 3.02. The zero-order valence-electron chi connectivity index (χ0n) is 11.1. The van der Waals surface area contributed by atoms with Gasteiger partial charge in [-0.2, -0.15) is 10.1 Å². The van der Waals surface area contributed by atoms with Crippen LogP contribution in [0.25, 0.3) is 0 Å². The van der Waals surface area contributed by atoms with Crippen LogP contribution in [0.4, 0.5) is 5.95 Å². The smallest absolute Gasteiger partial charge is 0.222 e. The summed E-state index contributed by atoms with van der Waals surface area (Å²) in [5, 5.41) is 7.75. The molecule has 3 heterocycles. The third-order valence-electron chi connectivity index (χ3n) is 3.77. The second kappa shape index (κ2) is 5.04. The summed E-state index contributed by atoms with van der Waals surface area (Å²) in [6.07, 6.45) is 4.14. The van der Waals surface area contributed by atoms with Gasteiger partial charge in [-0.05, 0) is 29.8 Å². The Morgan fingerprint density at radius 1 is 1.24 bits per heavy atom. The van der Waals surface area contributed by atoms with E-state index in [1.54, 1.807) is 12.6 Å². The molecule has 0 spiro atoms. The van der Waals surface area contributed by atoms with Crippen molar-refractivity contribution in [2.75, 3.05) is 5.32 Å². The summed E-state index contributed by atoms with van der Waals surface area (Å²) in [5.74, 6) is 1.68. The lowest BCUT2D eigenvalue weighted by Gasteiger charge is -2.30. The van der Waals surface area contributed by atoms with E-state index < -0.39 is 0 Å². The van der Waals surface area contributed by atoms with Gasteiger partial charge in [-0.1, -0.05) is 28.1 Å². The molecule has 1 N–H and O–H groups in total. The molecular formula is C15H13BrN4O. The Labute approximate surface area is 130 Å². The number of anilines is 1. The molecule has 0 aliphatic carbocycles.